The summed E-state index contributed by atoms with van der Waals surface area (Å²) >= 11 is 0. The zero-order valence-corrected chi connectivity index (χ0v) is 20.7. The van der Waals surface area contributed by atoms with Gasteiger partial charge in [-0.2, -0.15) is 0 Å². The first-order valence-electron chi connectivity index (χ1n) is 11.9. The summed E-state index contributed by atoms with van der Waals surface area (Å²) in [6, 6.07) is 3.70. The smallest absolute Gasteiger partial charge is 0.410 e. The van der Waals surface area contributed by atoms with Gasteiger partial charge < -0.3 is 14.4 Å². The number of ether oxygens (including phenoxy) is 2. The van der Waals surface area contributed by atoms with Crippen LogP contribution in [0.25, 0.3) is 0 Å². The van der Waals surface area contributed by atoms with Crippen LogP contribution in [-0.4, -0.2) is 71.4 Å². The topological polar surface area (TPSA) is 122 Å². The van der Waals surface area contributed by atoms with E-state index < -0.39 is 35.3 Å². The maximum Gasteiger partial charge on any atom is 0.410 e. The van der Waals surface area contributed by atoms with Gasteiger partial charge in [0.2, 0.25) is 11.8 Å². The van der Waals surface area contributed by atoms with Crippen LogP contribution in [0.1, 0.15) is 80.0 Å². The lowest BCUT2D eigenvalue weighted by Gasteiger charge is -2.27. The van der Waals surface area contributed by atoms with E-state index in [0.717, 1.165) is 30.6 Å². The number of fused-ring (bicyclic) bond motifs is 1. The fourth-order valence-electron chi connectivity index (χ4n) is 3.97. The number of carbonyl (C=O) groups is 5. The van der Waals surface area contributed by atoms with Crippen molar-refractivity contribution in [3.8, 4) is 5.75 Å². The summed E-state index contributed by atoms with van der Waals surface area (Å²) in [7, 11) is 1.72. The van der Waals surface area contributed by atoms with Gasteiger partial charge in [0.1, 0.15) is 17.4 Å². The van der Waals surface area contributed by atoms with Gasteiger partial charge in [-0.05, 0) is 58.2 Å². The monoisotopic (exact) mass is 487 g/mol. The molecule has 2 heterocycles. The molecule has 1 saturated heterocycles. The number of hydrogen-bond donors (Lipinski definition) is 1. The lowest BCUT2D eigenvalue weighted by atomic mass is 10.0. The minimum absolute atomic E-state index is 0.0788. The number of hydrogen-bond acceptors (Lipinski definition) is 7. The van der Waals surface area contributed by atoms with Crippen LogP contribution in [0.5, 0.6) is 5.75 Å². The third-order valence-electron chi connectivity index (χ3n) is 5.77. The van der Waals surface area contributed by atoms with E-state index in [1.807, 2.05) is 20.8 Å². The Labute approximate surface area is 204 Å². The summed E-state index contributed by atoms with van der Waals surface area (Å²) in [6.45, 7) is 6.56. The van der Waals surface area contributed by atoms with Crippen molar-refractivity contribution in [3.05, 3.63) is 29.3 Å². The van der Waals surface area contributed by atoms with Crippen LogP contribution >= 0.6 is 0 Å². The number of carbonyl (C=O) groups excluding carboxylic acids is 5. The molecule has 3 rings (SSSR count). The Morgan fingerprint density at radius 3 is 2.43 bits per heavy atom. The van der Waals surface area contributed by atoms with Gasteiger partial charge in [0.25, 0.3) is 11.8 Å². The number of piperidine rings is 1. The molecule has 0 saturated carbocycles. The first-order valence-corrected chi connectivity index (χ1v) is 11.9. The third-order valence-corrected chi connectivity index (χ3v) is 5.77. The molecule has 10 heteroatoms. The predicted molar refractivity (Wildman–Crippen MR) is 126 cm³/mol. The first-order chi connectivity index (χ1) is 16.5. The minimum Gasteiger partial charge on any atom is -0.494 e. The summed E-state index contributed by atoms with van der Waals surface area (Å²) in [4.78, 5) is 63.6. The predicted octanol–water partition coefficient (Wildman–Crippen LogP) is 2.89. The Kier molecular flexibility index (Phi) is 8.14. The first kappa shape index (κ1) is 26.2. The molecule has 0 aromatic heterocycles. The van der Waals surface area contributed by atoms with Gasteiger partial charge in [-0.15, -0.1) is 0 Å². The SMILES string of the molecule is CN(CCCCCCOc1ccc2c(c1)C(=O)N(C1CCC(=O)NC1=O)C2=O)C(=O)OC(C)(C)C. The number of nitrogens with one attached hydrogen (secondary N) is 1. The Bertz CT molecular complexity index is 1010. The average Bonchev–Trinajstić information content (AvgIpc) is 3.01. The lowest BCUT2D eigenvalue weighted by Crippen LogP contribution is -2.54. The Morgan fingerprint density at radius 1 is 1.06 bits per heavy atom. The van der Waals surface area contributed by atoms with Crippen LogP contribution < -0.4 is 10.1 Å². The molecule has 2 aliphatic rings. The number of benzene rings is 1. The molecule has 2 aliphatic heterocycles. The van der Waals surface area contributed by atoms with E-state index in [-0.39, 0.29) is 30.1 Å². The molecular weight excluding hydrogens is 454 g/mol. The summed E-state index contributed by atoms with van der Waals surface area (Å²) in [6.07, 6.45) is 3.34. The molecule has 0 radical (unpaired) electrons. The number of imide groups is 2. The number of amides is 5. The maximum atomic E-state index is 12.9. The molecule has 1 atom stereocenters. The second-order valence-electron chi connectivity index (χ2n) is 9.82. The number of rotatable bonds is 9. The standard InChI is InChI=1S/C25H33N3O7/c1-25(2,3)35-24(33)27(4)13-7-5-6-8-14-34-16-9-10-17-18(15-16)23(32)28(22(17)31)19-11-12-20(29)26-21(19)30/h9-10,15,19H,5-8,11-14H2,1-4H3,(H,26,29,30). The Balaban J connectivity index is 1.42. The molecule has 5 amide bonds. The van der Waals surface area contributed by atoms with Crippen LogP contribution in [0.2, 0.25) is 0 Å². The van der Waals surface area contributed by atoms with Crippen molar-refractivity contribution in [2.24, 2.45) is 0 Å². The largest absolute Gasteiger partial charge is 0.494 e. The quantitative estimate of drug-likeness (QED) is 0.420. The molecule has 1 aromatic rings. The molecule has 0 aliphatic carbocycles. The zero-order valence-electron chi connectivity index (χ0n) is 20.7. The summed E-state index contributed by atoms with van der Waals surface area (Å²) in [5.41, 5.74) is -0.0926. The summed E-state index contributed by atoms with van der Waals surface area (Å²) in [5.74, 6) is -1.67. The van der Waals surface area contributed by atoms with Gasteiger partial charge in [0, 0.05) is 20.0 Å². The van der Waals surface area contributed by atoms with Crippen LogP contribution in [-0.2, 0) is 14.3 Å². The van der Waals surface area contributed by atoms with Gasteiger partial charge >= 0.3 is 6.09 Å². The molecule has 0 bridgehead atoms. The molecule has 0 spiro atoms. The molecule has 10 nitrogen and oxygen atoms in total. The number of nitrogens with zero attached hydrogens (tertiary/aromatic N) is 2. The van der Waals surface area contributed by atoms with Crippen molar-refractivity contribution in [2.45, 2.75) is 70.9 Å². The van der Waals surface area contributed by atoms with E-state index >= 15 is 0 Å². The molecule has 1 N–H and O–H groups in total. The summed E-state index contributed by atoms with van der Waals surface area (Å²) < 4.78 is 11.1. The van der Waals surface area contributed by atoms with Crippen LogP contribution in [0.3, 0.4) is 0 Å². The van der Waals surface area contributed by atoms with E-state index in [0.29, 0.717) is 18.9 Å². The average molecular weight is 488 g/mol. The van der Waals surface area contributed by atoms with Crippen LogP contribution in [0.4, 0.5) is 4.79 Å². The van der Waals surface area contributed by atoms with E-state index in [2.05, 4.69) is 5.32 Å². The van der Waals surface area contributed by atoms with Gasteiger partial charge in [-0.1, -0.05) is 12.8 Å². The van der Waals surface area contributed by atoms with Crippen LogP contribution in [0, 0.1) is 0 Å². The van der Waals surface area contributed by atoms with E-state index in [9.17, 15) is 24.0 Å². The molecule has 1 aromatic carbocycles. The normalized spacial score (nSPS) is 17.8. The second kappa shape index (κ2) is 10.9. The van der Waals surface area contributed by atoms with Gasteiger partial charge in [-0.3, -0.25) is 29.4 Å². The third kappa shape index (κ3) is 6.58. The van der Waals surface area contributed by atoms with Crippen LogP contribution in [0.15, 0.2) is 18.2 Å². The van der Waals surface area contributed by atoms with Crippen molar-refractivity contribution in [1.29, 1.82) is 0 Å². The second-order valence-corrected chi connectivity index (χ2v) is 9.82. The Hall–Kier alpha value is -3.43. The van der Waals surface area contributed by atoms with E-state index in [4.69, 9.17) is 9.47 Å². The molecule has 190 valence electrons. The molecule has 35 heavy (non-hydrogen) atoms. The molecule has 1 fully saturated rings. The van der Waals surface area contributed by atoms with Gasteiger partial charge in [0.15, 0.2) is 0 Å². The fraction of sp³-hybridized carbons (Fsp3) is 0.560. The molecule has 1 unspecified atom stereocenters. The highest BCUT2D eigenvalue weighted by atomic mass is 16.6. The lowest BCUT2D eigenvalue weighted by molar-refractivity contribution is -0.136. The zero-order chi connectivity index (χ0) is 25.8. The maximum absolute atomic E-state index is 12.9. The summed E-state index contributed by atoms with van der Waals surface area (Å²) in [5, 5.41) is 2.18. The van der Waals surface area contributed by atoms with Crippen molar-refractivity contribution in [3.63, 3.8) is 0 Å². The van der Waals surface area contributed by atoms with Crippen molar-refractivity contribution in [2.75, 3.05) is 20.2 Å². The van der Waals surface area contributed by atoms with Gasteiger partial charge in [0.05, 0.1) is 17.7 Å². The highest BCUT2D eigenvalue weighted by Crippen LogP contribution is 2.30. The fourth-order valence-corrected chi connectivity index (χ4v) is 3.97. The highest BCUT2D eigenvalue weighted by molar-refractivity contribution is 6.23. The van der Waals surface area contributed by atoms with E-state index in [1.165, 1.54) is 12.1 Å². The highest BCUT2D eigenvalue weighted by Gasteiger charge is 2.44. The minimum atomic E-state index is -0.987. The van der Waals surface area contributed by atoms with E-state index in [1.54, 1.807) is 18.0 Å². The Morgan fingerprint density at radius 2 is 1.74 bits per heavy atom. The van der Waals surface area contributed by atoms with Crippen molar-refractivity contribution < 1.29 is 33.4 Å². The van der Waals surface area contributed by atoms with Crippen molar-refractivity contribution >= 4 is 29.7 Å². The van der Waals surface area contributed by atoms with Crippen molar-refractivity contribution in [1.82, 2.24) is 15.1 Å². The van der Waals surface area contributed by atoms with Gasteiger partial charge in [-0.25, -0.2) is 4.79 Å². The molecular formula is C25H33N3O7. The number of unbranched alkanes of at least 4 members (excludes halogenated alkanes) is 3.